The van der Waals surface area contributed by atoms with E-state index in [2.05, 4.69) is 20.6 Å². The first-order chi connectivity index (χ1) is 12.9. The second-order valence-electron chi connectivity index (χ2n) is 5.97. The molecule has 0 fully saturated rings. The first kappa shape index (κ1) is 18.5. The number of aryl methyl sites for hydroxylation is 1. The molecular weight excluding hydrogens is 364 g/mol. The van der Waals surface area contributed by atoms with Gasteiger partial charge < -0.3 is 10.6 Å². The number of carbonyl (C=O) groups excluding carboxylic acids is 2. The number of benzene rings is 2. The predicted octanol–water partition coefficient (Wildman–Crippen LogP) is 4.64. The van der Waals surface area contributed by atoms with Crippen molar-refractivity contribution in [2.75, 3.05) is 10.6 Å². The number of hydrogen-bond donors (Lipinski definition) is 2. The van der Waals surface area contributed by atoms with Gasteiger partial charge in [-0.25, -0.2) is 9.97 Å². The summed E-state index contributed by atoms with van der Waals surface area (Å²) in [5, 5.41) is 6.34. The highest BCUT2D eigenvalue weighted by molar-refractivity contribution is 6.31. The highest BCUT2D eigenvalue weighted by atomic mass is 35.5. The minimum absolute atomic E-state index is 0.0251. The summed E-state index contributed by atoms with van der Waals surface area (Å²) in [6.45, 7) is 3.38. The maximum Gasteiger partial charge on any atom is 0.258 e. The Morgan fingerprint density at radius 3 is 2.44 bits per heavy atom. The van der Waals surface area contributed by atoms with Crippen LogP contribution in [0.4, 0.5) is 17.3 Å². The molecule has 0 bridgehead atoms. The van der Waals surface area contributed by atoms with Gasteiger partial charge in [-0.15, -0.1) is 0 Å². The van der Waals surface area contributed by atoms with Crippen LogP contribution in [0.15, 0.2) is 54.9 Å². The number of nitrogens with zero attached hydrogens (tertiary/aromatic N) is 2. The number of halogens is 1. The molecule has 0 saturated carbocycles. The third-order valence-corrected chi connectivity index (χ3v) is 4.12. The minimum atomic E-state index is -0.328. The van der Waals surface area contributed by atoms with Crippen molar-refractivity contribution in [2.24, 2.45) is 0 Å². The zero-order chi connectivity index (χ0) is 19.4. The van der Waals surface area contributed by atoms with Crippen LogP contribution < -0.4 is 10.6 Å². The molecule has 0 spiro atoms. The fourth-order valence-corrected chi connectivity index (χ4v) is 2.55. The van der Waals surface area contributed by atoms with Crippen LogP contribution in [0.25, 0.3) is 0 Å². The fourth-order valence-electron chi connectivity index (χ4n) is 2.38. The van der Waals surface area contributed by atoms with Crippen molar-refractivity contribution in [1.82, 2.24) is 9.97 Å². The van der Waals surface area contributed by atoms with Gasteiger partial charge in [0.1, 0.15) is 0 Å². The molecule has 2 aromatic carbocycles. The molecule has 3 rings (SSSR count). The molecule has 7 heteroatoms. The van der Waals surface area contributed by atoms with Gasteiger partial charge in [0.25, 0.3) is 5.91 Å². The zero-order valence-electron chi connectivity index (χ0n) is 14.8. The van der Waals surface area contributed by atoms with Gasteiger partial charge in [-0.2, -0.15) is 0 Å². The average Bonchev–Trinajstić information content (AvgIpc) is 2.65. The molecule has 0 unspecified atom stereocenters. The molecule has 6 nitrogen and oxygen atoms in total. The molecule has 1 heterocycles. The SMILES string of the molecule is CC(=O)c1cccc(Nc2ncc(C(=O)Nc3cc(Cl)ccc3C)cn2)c1. The number of aromatic nitrogens is 2. The number of nitrogens with one attached hydrogen (secondary N) is 2. The lowest BCUT2D eigenvalue weighted by Gasteiger charge is -2.09. The van der Waals surface area contributed by atoms with Crippen LogP contribution in [0.2, 0.25) is 5.02 Å². The van der Waals surface area contributed by atoms with E-state index >= 15 is 0 Å². The normalized spacial score (nSPS) is 10.3. The molecule has 0 atom stereocenters. The Labute approximate surface area is 161 Å². The van der Waals surface area contributed by atoms with Crippen LogP contribution in [0.3, 0.4) is 0 Å². The van der Waals surface area contributed by atoms with Crippen LogP contribution >= 0.6 is 11.6 Å². The second-order valence-corrected chi connectivity index (χ2v) is 6.41. The van der Waals surface area contributed by atoms with E-state index in [-0.39, 0.29) is 11.7 Å². The van der Waals surface area contributed by atoms with E-state index < -0.39 is 0 Å². The molecule has 0 aliphatic heterocycles. The zero-order valence-corrected chi connectivity index (χ0v) is 15.5. The fraction of sp³-hybridized carbons (Fsp3) is 0.100. The first-order valence-electron chi connectivity index (χ1n) is 8.20. The van der Waals surface area contributed by atoms with Gasteiger partial charge in [0, 0.05) is 34.4 Å². The predicted molar refractivity (Wildman–Crippen MR) is 106 cm³/mol. The maximum atomic E-state index is 12.4. The summed E-state index contributed by atoms with van der Waals surface area (Å²) < 4.78 is 0. The molecule has 2 N–H and O–H groups in total. The number of rotatable bonds is 5. The van der Waals surface area contributed by atoms with Crippen molar-refractivity contribution < 1.29 is 9.59 Å². The molecule has 0 radical (unpaired) electrons. The number of anilines is 3. The van der Waals surface area contributed by atoms with E-state index in [1.807, 2.05) is 13.0 Å². The third kappa shape index (κ3) is 4.68. The molecule has 1 aromatic heterocycles. The molecule has 3 aromatic rings. The molecule has 0 aliphatic rings. The van der Waals surface area contributed by atoms with Crippen molar-refractivity contribution in [1.29, 1.82) is 0 Å². The van der Waals surface area contributed by atoms with Gasteiger partial charge in [0.05, 0.1) is 5.56 Å². The Hall–Kier alpha value is -3.25. The molecule has 27 heavy (non-hydrogen) atoms. The van der Waals surface area contributed by atoms with Crippen LogP contribution in [0.1, 0.15) is 33.2 Å². The number of Topliss-reactive ketones (excluding diaryl/α,β-unsaturated/α-hetero) is 1. The standard InChI is InChI=1S/C20H17ClN4O2/c1-12-6-7-16(21)9-18(12)25-19(27)15-10-22-20(23-11-15)24-17-5-3-4-14(8-17)13(2)26/h3-11H,1-2H3,(H,25,27)(H,22,23,24). The van der Waals surface area contributed by atoms with E-state index in [1.54, 1.807) is 36.4 Å². The average molecular weight is 381 g/mol. The van der Waals surface area contributed by atoms with Gasteiger partial charge in [0.15, 0.2) is 5.78 Å². The number of hydrogen-bond acceptors (Lipinski definition) is 5. The molecule has 136 valence electrons. The van der Waals surface area contributed by atoms with Gasteiger partial charge in [-0.1, -0.05) is 29.8 Å². The molecule has 0 saturated heterocycles. The monoisotopic (exact) mass is 380 g/mol. The smallest absolute Gasteiger partial charge is 0.258 e. The maximum absolute atomic E-state index is 12.4. The van der Waals surface area contributed by atoms with Crippen LogP contribution in [0.5, 0.6) is 0 Å². The van der Waals surface area contributed by atoms with Crippen LogP contribution in [-0.2, 0) is 0 Å². The Balaban J connectivity index is 1.71. The van der Waals surface area contributed by atoms with E-state index in [0.29, 0.717) is 33.5 Å². The summed E-state index contributed by atoms with van der Waals surface area (Å²) in [6.07, 6.45) is 2.86. The quantitative estimate of drug-likeness (QED) is 0.630. The largest absolute Gasteiger partial charge is 0.324 e. The summed E-state index contributed by atoms with van der Waals surface area (Å²) in [4.78, 5) is 32.1. The van der Waals surface area contributed by atoms with Crippen molar-refractivity contribution in [2.45, 2.75) is 13.8 Å². The summed E-state index contributed by atoms with van der Waals surface area (Å²) in [5.74, 6) is -0.0282. The Morgan fingerprint density at radius 1 is 1.00 bits per heavy atom. The summed E-state index contributed by atoms with van der Waals surface area (Å²) in [6, 6.07) is 12.3. The van der Waals surface area contributed by atoms with Crippen molar-refractivity contribution >= 4 is 40.6 Å². The van der Waals surface area contributed by atoms with Crippen molar-refractivity contribution in [3.8, 4) is 0 Å². The second kappa shape index (κ2) is 7.97. The summed E-state index contributed by atoms with van der Waals surface area (Å²) in [7, 11) is 0. The van der Waals surface area contributed by atoms with Gasteiger partial charge in [-0.3, -0.25) is 9.59 Å². The minimum Gasteiger partial charge on any atom is -0.324 e. The number of carbonyl (C=O) groups is 2. The van der Waals surface area contributed by atoms with Crippen LogP contribution in [-0.4, -0.2) is 21.7 Å². The summed E-state index contributed by atoms with van der Waals surface area (Å²) >= 11 is 5.97. The highest BCUT2D eigenvalue weighted by Crippen LogP contribution is 2.21. The lowest BCUT2D eigenvalue weighted by molar-refractivity contribution is 0.101. The molecule has 0 aliphatic carbocycles. The Bertz CT molecular complexity index is 1000. The molecular formula is C20H17ClN4O2. The van der Waals surface area contributed by atoms with E-state index in [0.717, 1.165) is 5.56 Å². The van der Waals surface area contributed by atoms with Gasteiger partial charge in [-0.05, 0) is 43.7 Å². The van der Waals surface area contributed by atoms with E-state index in [4.69, 9.17) is 11.6 Å². The van der Waals surface area contributed by atoms with Crippen molar-refractivity contribution in [3.63, 3.8) is 0 Å². The number of amides is 1. The van der Waals surface area contributed by atoms with E-state index in [9.17, 15) is 9.59 Å². The Morgan fingerprint density at radius 2 is 1.74 bits per heavy atom. The third-order valence-electron chi connectivity index (χ3n) is 3.89. The lowest BCUT2D eigenvalue weighted by atomic mass is 10.1. The number of ketones is 1. The Kier molecular flexibility index (Phi) is 5.47. The van der Waals surface area contributed by atoms with Crippen molar-refractivity contribution in [3.05, 3.63) is 76.6 Å². The van der Waals surface area contributed by atoms with Crippen LogP contribution in [0, 0.1) is 6.92 Å². The van der Waals surface area contributed by atoms with Gasteiger partial charge >= 0.3 is 0 Å². The topological polar surface area (TPSA) is 84.0 Å². The van der Waals surface area contributed by atoms with Gasteiger partial charge in [0.2, 0.25) is 5.95 Å². The summed E-state index contributed by atoms with van der Waals surface area (Å²) in [5.41, 5.74) is 3.13. The van der Waals surface area contributed by atoms with E-state index in [1.165, 1.54) is 19.3 Å². The molecule has 1 amide bonds. The first-order valence-corrected chi connectivity index (χ1v) is 8.58. The highest BCUT2D eigenvalue weighted by Gasteiger charge is 2.10. The lowest BCUT2D eigenvalue weighted by Crippen LogP contribution is -2.14.